The van der Waals surface area contributed by atoms with E-state index in [1.165, 1.54) is 12.7 Å². The van der Waals surface area contributed by atoms with Crippen LogP contribution in [0, 0.1) is 5.41 Å². The highest BCUT2D eigenvalue weighted by molar-refractivity contribution is 5.91. The van der Waals surface area contributed by atoms with Gasteiger partial charge in [0.1, 0.15) is 5.82 Å². The molecule has 1 aliphatic heterocycles. The molecule has 1 amide bonds. The lowest BCUT2D eigenvalue weighted by atomic mass is 9.62. The summed E-state index contributed by atoms with van der Waals surface area (Å²) in [5.74, 6) is 2.07. The fraction of sp³-hybridized carbons (Fsp3) is 0.368. The van der Waals surface area contributed by atoms with Crippen molar-refractivity contribution >= 4 is 5.91 Å². The second-order valence-electron chi connectivity index (χ2n) is 7.21. The van der Waals surface area contributed by atoms with Crippen molar-refractivity contribution in [3.8, 4) is 11.4 Å². The Morgan fingerprint density at radius 1 is 1.27 bits per heavy atom. The summed E-state index contributed by atoms with van der Waals surface area (Å²) >= 11 is 0. The SMILES string of the molecule is O=C(c1ccco1)N1CC(c2nc(-c3ccncc3)n[nH]2)C2(CCC2)C1. The van der Waals surface area contributed by atoms with E-state index in [1.807, 2.05) is 17.0 Å². The van der Waals surface area contributed by atoms with Crippen LogP contribution in [0.2, 0.25) is 0 Å². The van der Waals surface area contributed by atoms with Crippen LogP contribution in [0.15, 0.2) is 47.3 Å². The number of amides is 1. The maximum atomic E-state index is 12.7. The Bertz CT molecular complexity index is 915. The fourth-order valence-corrected chi connectivity index (χ4v) is 4.25. The number of H-pyrrole nitrogens is 1. The minimum atomic E-state index is -0.0438. The smallest absolute Gasteiger partial charge is 0.289 e. The van der Waals surface area contributed by atoms with E-state index in [4.69, 9.17) is 9.40 Å². The van der Waals surface area contributed by atoms with E-state index in [-0.39, 0.29) is 17.2 Å². The largest absolute Gasteiger partial charge is 0.459 e. The predicted molar refractivity (Wildman–Crippen MR) is 93.3 cm³/mol. The van der Waals surface area contributed by atoms with Crippen LogP contribution in [0.5, 0.6) is 0 Å². The van der Waals surface area contributed by atoms with Crippen molar-refractivity contribution in [2.24, 2.45) is 5.41 Å². The Morgan fingerprint density at radius 3 is 2.81 bits per heavy atom. The third-order valence-corrected chi connectivity index (χ3v) is 5.79. The van der Waals surface area contributed by atoms with Crippen LogP contribution in [0.4, 0.5) is 0 Å². The van der Waals surface area contributed by atoms with Gasteiger partial charge in [-0.2, -0.15) is 5.10 Å². The van der Waals surface area contributed by atoms with E-state index in [1.54, 1.807) is 24.5 Å². The molecule has 1 saturated carbocycles. The molecule has 1 atom stereocenters. The van der Waals surface area contributed by atoms with Gasteiger partial charge in [0.15, 0.2) is 11.6 Å². The molecule has 2 fully saturated rings. The van der Waals surface area contributed by atoms with Crippen molar-refractivity contribution in [3.63, 3.8) is 0 Å². The highest BCUT2D eigenvalue weighted by atomic mass is 16.3. The number of furan rings is 1. The monoisotopic (exact) mass is 349 g/mol. The van der Waals surface area contributed by atoms with Crippen LogP contribution in [-0.2, 0) is 0 Å². The molecule has 26 heavy (non-hydrogen) atoms. The zero-order valence-electron chi connectivity index (χ0n) is 14.3. The molecular formula is C19H19N5O2. The number of hydrogen-bond donors (Lipinski definition) is 1. The van der Waals surface area contributed by atoms with Gasteiger partial charge in [0.05, 0.1) is 6.26 Å². The molecule has 0 aromatic carbocycles. The highest BCUT2D eigenvalue weighted by Crippen LogP contribution is 2.55. The molecule has 3 aromatic heterocycles. The van der Waals surface area contributed by atoms with E-state index in [9.17, 15) is 4.79 Å². The normalized spacial score (nSPS) is 21.1. The van der Waals surface area contributed by atoms with E-state index in [0.717, 1.165) is 30.8 Å². The lowest BCUT2D eigenvalue weighted by Crippen LogP contribution is -2.38. The number of rotatable bonds is 3. The van der Waals surface area contributed by atoms with Crippen LogP contribution >= 0.6 is 0 Å². The van der Waals surface area contributed by atoms with Crippen LogP contribution < -0.4 is 0 Å². The van der Waals surface area contributed by atoms with Crippen molar-refractivity contribution in [1.82, 2.24) is 25.1 Å². The highest BCUT2D eigenvalue weighted by Gasteiger charge is 2.53. The minimum Gasteiger partial charge on any atom is -0.459 e. The number of aromatic nitrogens is 4. The average Bonchev–Trinajstić information content (AvgIpc) is 3.39. The third-order valence-electron chi connectivity index (χ3n) is 5.79. The molecule has 2 aliphatic rings. The summed E-state index contributed by atoms with van der Waals surface area (Å²) < 4.78 is 5.30. The van der Waals surface area contributed by atoms with Crippen LogP contribution in [-0.4, -0.2) is 44.1 Å². The van der Waals surface area contributed by atoms with Crippen LogP contribution in [0.3, 0.4) is 0 Å². The van der Waals surface area contributed by atoms with Crippen molar-refractivity contribution < 1.29 is 9.21 Å². The Hall–Kier alpha value is -2.96. The predicted octanol–water partition coefficient (Wildman–Crippen LogP) is 2.87. The van der Waals surface area contributed by atoms with Gasteiger partial charge in [-0.05, 0) is 42.5 Å². The van der Waals surface area contributed by atoms with Gasteiger partial charge in [-0.1, -0.05) is 6.42 Å². The third kappa shape index (κ3) is 2.34. The first-order valence-corrected chi connectivity index (χ1v) is 8.91. The first-order chi connectivity index (χ1) is 12.8. The number of hydrogen-bond acceptors (Lipinski definition) is 5. The Balaban J connectivity index is 1.43. The van der Waals surface area contributed by atoms with Gasteiger partial charge in [-0.3, -0.25) is 14.9 Å². The molecule has 5 rings (SSSR count). The van der Waals surface area contributed by atoms with E-state index in [0.29, 0.717) is 18.1 Å². The quantitative estimate of drug-likeness (QED) is 0.785. The standard InChI is InChI=1S/C19H19N5O2/c25-18(15-3-1-10-26-15)24-11-14(19(12-24)6-2-7-19)17-21-16(22-23-17)13-4-8-20-9-5-13/h1,3-5,8-10,14H,2,6-7,11-12H2,(H,21,22,23). The lowest BCUT2D eigenvalue weighted by molar-refractivity contribution is 0.0694. The molecule has 1 N–H and O–H groups in total. The first-order valence-electron chi connectivity index (χ1n) is 8.91. The summed E-state index contributed by atoms with van der Waals surface area (Å²) in [6.07, 6.45) is 8.44. The van der Waals surface area contributed by atoms with E-state index < -0.39 is 0 Å². The number of nitrogens with zero attached hydrogens (tertiary/aromatic N) is 4. The summed E-state index contributed by atoms with van der Waals surface area (Å²) in [6, 6.07) is 7.26. The van der Waals surface area contributed by atoms with E-state index in [2.05, 4.69) is 15.2 Å². The lowest BCUT2D eigenvalue weighted by Gasteiger charge is -2.41. The second-order valence-corrected chi connectivity index (χ2v) is 7.21. The van der Waals surface area contributed by atoms with E-state index >= 15 is 0 Å². The number of likely N-dealkylation sites (tertiary alicyclic amines) is 1. The molecule has 3 aromatic rings. The molecule has 0 bridgehead atoms. The molecule has 1 saturated heterocycles. The van der Waals surface area contributed by atoms with Crippen molar-refractivity contribution in [2.45, 2.75) is 25.2 Å². The summed E-state index contributed by atoms with van der Waals surface area (Å²) in [4.78, 5) is 23.4. The molecule has 1 unspecified atom stereocenters. The van der Waals surface area contributed by atoms with Crippen LogP contribution in [0.1, 0.15) is 41.6 Å². The summed E-state index contributed by atoms with van der Waals surface area (Å²) in [5.41, 5.74) is 1.05. The Labute approximate surface area is 150 Å². The Morgan fingerprint density at radius 2 is 2.12 bits per heavy atom. The van der Waals surface area contributed by atoms with Crippen molar-refractivity contribution in [3.05, 3.63) is 54.5 Å². The zero-order chi connectivity index (χ0) is 17.6. The maximum absolute atomic E-state index is 12.7. The van der Waals surface area contributed by atoms with Gasteiger partial charge in [0.25, 0.3) is 5.91 Å². The van der Waals surface area contributed by atoms with Gasteiger partial charge in [0.2, 0.25) is 0 Å². The molecule has 1 spiro atoms. The second kappa shape index (κ2) is 5.79. The van der Waals surface area contributed by atoms with Gasteiger partial charge in [0, 0.05) is 37.0 Å². The van der Waals surface area contributed by atoms with Crippen molar-refractivity contribution in [2.75, 3.05) is 13.1 Å². The minimum absolute atomic E-state index is 0.0438. The van der Waals surface area contributed by atoms with Crippen LogP contribution in [0.25, 0.3) is 11.4 Å². The number of nitrogens with one attached hydrogen (secondary N) is 1. The fourth-order valence-electron chi connectivity index (χ4n) is 4.25. The van der Waals surface area contributed by atoms with Gasteiger partial charge in [-0.25, -0.2) is 4.98 Å². The molecule has 7 nitrogen and oxygen atoms in total. The van der Waals surface area contributed by atoms with Gasteiger partial charge >= 0.3 is 0 Å². The molecule has 7 heteroatoms. The average molecular weight is 349 g/mol. The number of pyridine rings is 1. The molecule has 1 aliphatic carbocycles. The number of carbonyl (C=O) groups is 1. The first kappa shape index (κ1) is 15.3. The van der Waals surface area contributed by atoms with Gasteiger partial charge in [-0.15, -0.1) is 0 Å². The maximum Gasteiger partial charge on any atom is 0.289 e. The van der Waals surface area contributed by atoms with Crippen molar-refractivity contribution in [1.29, 1.82) is 0 Å². The summed E-state index contributed by atoms with van der Waals surface area (Å²) in [5, 5.41) is 7.51. The number of carbonyl (C=O) groups excluding carboxylic acids is 1. The molecular weight excluding hydrogens is 330 g/mol. The summed E-state index contributed by atoms with van der Waals surface area (Å²) in [6.45, 7) is 1.40. The molecule has 132 valence electrons. The molecule has 4 heterocycles. The zero-order valence-corrected chi connectivity index (χ0v) is 14.3. The summed E-state index contributed by atoms with van der Waals surface area (Å²) in [7, 11) is 0. The Kier molecular flexibility index (Phi) is 3.41. The number of aromatic amines is 1. The molecule has 0 radical (unpaired) electrons. The topological polar surface area (TPSA) is 87.9 Å². The van der Waals surface area contributed by atoms with Gasteiger partial charge < -0.3 is 9.32 Å².